The third kappa shape index (κ3) is 4.02. The molecule has 1 fully saturated rings. The van der Waals surface area contributed by atoms with E-state index in [-0.39, 0.29) is 11.5 Å². The van der Waals surface area contributed by atoms with Gasteiger partial charge in [0.2, 0.25) is 0 Å². The number of carbonyl (C=O) groups is 1. The second-order valence-corrected chi connectivity index (χ2v) is 5.57. The quantitative estimate of drug-likeness (QED) is 0.840. The van der Waals surface area contributed by atoms with E-state index in [0.717, 1.165) is 39.0 Å². The largest absolute Gasteiger partial charge is 0.336 e. The van der Waals surface area contributed by atoms with E-state index >= 15 is 0 Å². The van der Waals surface area contributed by atoms with E-state index in [1.165, 1.54) is 0 Å². The molecular weight excluding hydrogens is 269 g/mol. The number of piperazine rings is 1. The number of aryl methyl sites for hydroxylation is 1. The van der Waals surface area contributed by atoms with Crippen LogP contribution in [0.1, 0.15) is 28.8 Å². The van der Waals surface area contributed by atoms with Gasteiger partial charge in [-0.1, -0.05) is 12.1 Å². The van der Waals surface area contributed by atoms with Crippen LogP contribution in [0.3, 0.4) is 0 Å². The van der Waals surface area contributed by atoms with E-state index in [0.29, 0.717) is 18.7 Å². The first kappa shape index (κ1) is 15.9. The van der Waals surface area contributed by atoms with Crippen LogP contribution in [0.5, 0.6) is 0 Å². The van der Waals surface area contributed by atoms with E-state index in [1.54, 1.807) is 30.0 Å². The molecule has 1 aromatic rings. The van der Waals surface area contributed by atoms with Crippen molar-refractivity contribution in [3.63, 3.8) is 0 Å². The SMILES string of the molecule is Cc1cccc(C(=O)N2CCN(CCCCN)CC2)c1F. The minimum absolute atomic E-state index is 0.187. The van der Waals surface area contributed by atoms with Gasteiger partial charge in [-0.2, -0.15) is 0 Å². The van der Waals surface area contributed by atoms with Crippen molar-refractivity contribution in [2.45, 2.75) is 19.8 Å². The molecule has 1 amide bonds. The summed E-state index contributed by atoms with van der Waals surface area (Å²) in [6.45, 7) is 6.46. The molecule has 0 bridgehead atoms. The second-order valence-electron chi connectivity index (χ2n) is 5.57. The fraction of sp³-hybridized carbons (Fsp3) is 0.562. The first-order valence-electron chi connectivity index (χ1n) is 7.60. The minimum atomic E-state index is -0.395. The molecule has 1 heterocycles. The zero-order valence-corrected chi connectivity index (χ0v) is 12.6. The Balaban J connectivity index is 1.90. The number of carbonyl (C=O) groups excluding carboxylic acids is 1. The summed E-state index contributed by atoms with van der Waals surface area (Å²) in [4.78, 5) is 16.5. The Kier molecular flexibility index (Phi) is 5.70. The zero-order valence-electron chi connectivity index (χ0n) is 12.6. The monoisotopic (exact) mass is 293 g/mol. The summed E-state index contributed by atoms with van der Waals surface area (Å²) in [6.07, 6.45) is 2.13. The Morgan fingerprint density at radius 3 is 2.62 bits per heavy atom. The lowest BCUT2D eigenvalue weighted by atomic mass is 10.1. The molecule has 1 aromatic carbocycles. The molecule has 4 nitrogen and oxygen atoms in total. The van der Waals surface area contributed by atoms with Gasteiger partial charge in [0, 0.05) is 26.2 Å². The van der Waals surface area contributed by atoms with Crippen molar-refractivity contribution in [3.8, 4) is 0 Å². The van der Waals surface area contributed by atoms with Crippen molar-refractivity contribution in [2.24, 2.45) is 5.73 Å². The molecule has 1 aliphatic heterocycles. The highest BCUT2D eigenvalue weighted by atomic mass is 19.1. The van der Waals surface area contributed by atoms with Crippen molar-refractivity contribution < 1.29 is 9.18 Å². The molecule has 2 N–H and O–H groups in total. The van der Waals surface area contributed by atoms with Gasteiger partial charge in [-0.05, 0) is 44.5 Å². The number of unbranched alkanes of at least 4 members (excludes halogenated alkanes) is 1. The van der Waals surface area contributed by atoms with Gasteiger partial charge in [-0.3, -0.25) is 9.69 Å². The molecule has 0 aromatic heterocycles. The summed E-state index contributed by atoms with van der Waals surface area (Å²) in [5.41, 5.74) is 6.19. The van der Waals surface area contributed by atoms with E-state index in [2.05, 4.69) is 4.90 Å². The molecule has 21 heavy (non-hydrogen) atoms. The van der Waals surface area contributed by atoms with Crippen molar-refractivity contribution >= 4 is 5.91 Å². The molecule has 2 rings (SSSR count). The molecular formula is C16H24FN3O. The second kappa shape index (κ2) is 7.52. The summed E-state index contributed by atoms with van der Waals surface area (Å²) < 4.78 is 14.0. The highest BCUT2D eigenvalue weighted by Gasteiger charge is 2.24. The third-order valence-corrected chi connectivity index (χ3v) is 4.01. The normalized spacial score (nSPS) is 16.2. The molecule has 0 radical (unpaired) electrons. The lowest BCUT2D eigenvalue weighted by Crippen LogP contribution is -2.49. The Hall–Kier alpha value is -1.46. The molecule has 1 saturated heterocycles. The average Bonchev–Trinajstić information content (AvgIpc) is 2.50. The van der Waals surface area contributed by atoms with Crippen LogP contribution in [0.2, 0.25) is 0 Å². The fourth-order valence-corrected chi connectivity index (χ4v) is 2.64. The van der Waals surface area contributed by atoms with Gasteiger partial charge >= 0.3 is 0 Å². The van der Waals surface area contributed by atoms with Crippen LogP contribution in [0.4, 0.5) is 4.39 Å². The first-order chi connectivity index (χ1) is 10.1. The van der Waals surface area contributed by atoms with Crippen LogP contribution >= 0.6 is 0 Å². The summed E-state index contributed by atoms with van der Waals surface area (Å²) >= 11 is 0. The fourth-order valence-electron chi connectivity index (χ4n) is 2.64. The lowest BCUT2D eigenvalue weighted by molar-refractivity contribution is 0.0631. The molecule has 0 aliphatic carbocycles. The minimum Gasteiger partial charge on any atom is -0.336 e. The summed E-state index contributed by atoms with van der Waals surface area (Å²) in [5, 5.41) is 0. The number of rotatable bonds is 5. The number of benzene rings is 1. The van der Waals surface area contributed by atoms with Gasteiger partial charge in [0.25, 0.3) is 5.91 Å². The third-order valence-electron chi connectivity index (χ3n) is 4.01. The number of hydrogen-bond donors (Lipinski definition) is 1. The van der Waals surface area contributed by atoms with Crippen molar-refractivity contribution in [2.75, 3.05) is 39.3 Å². The Bertz CT molecular complexity index is 484. The summed E-state index contributed by atoms with van der Waals surface area (Å²) in [6, 6.07) is 4.98. The number of halogens is 1. The topological polar surface area (TPSA) is 49.6 Å². The predicted molar refractivity (Wildman–Crippen MR) is 81.8 cm³/mol. The van der Waals surface area contributed by atoms with Crippen molar-refractivity contribution in [1.29, 1.82) is 0 Å². The van der Waals surface area contributed by atoms with Gasteiger partial charge < -0.3 is 10.6 Å². The van der Waals surface area contributed by atoms with Gasteiger partial charge in [0.15, 0.2) is 0 Å². The molecule has 1 aliphatic rings. The molecule has 116 valence electrons. The standard InChI is InChI=1S/C16H24FN3O/c1-13-5-4-6-14(15(13)17)16(21)20-11-9-19(10-12-20)8-3-2-7-18/h4-6H,2-3,7-12,18H2,1H3. The zero-order chi connectivity index (χ0) is 15.2. The van der Waals surface area contributed by atoms with Crippen LogP contribution in [0.25, 0.3) is 0 Å². The van der Waals surface area contributed by atoms with E-state index in [9.17, 15) is 9.18 Å². The highest BCUT2D eigenvalue weighted by Crippen LogP contribution is 2.15. The summed E-state index contributed by atoms with van der Waals surface area (Å²) in [5.74, 6) is -0.592. The van der Waals surface area contributed by atoms with Gasteiger partial charge in [0.05, 0.1) is 5.56 Å². The van der Waals surface area contributed by atoms with Gasteiger partial charge in [0.1, 0.15) is 5.82 Å². The maximum Gasteiger partial charge on any atom is 0.256 e. The number of amides is 1. The molecule has 0 spiro atoms. The maximum absolute atomic E-state index is 14.0. The molecule has 0 unspecified atom stereocenters. The van der Waals surface area contributed by atoms with Crippen LogP contribution in [-0.4, -0.2) is 55.0 Å². The smallest absolute Gasteiger partial charge is 0.256 e. The average molecular weight is 293 g/mol. The molecule has 0 saturated carbocycles. The Morgan fingerprint density at radius 1 is 1.24 bits per heavy atom. The Labute approximate surface area is 125 Å². The number of nitrogens with zero attached hydrogens (tertiary/aromatic N) is 2. The lowest BCUT2D eigenvalue weighted by Gasteiger charge is -2.34. The molecule has 5 heteroatoms. The van der Waals surface area contributed by atoms with Gasteiger partial charge in [-0.25, -0.2) is 4.39 Å². The Morgan fingerprint density at radius 2 is 1.95 bits per heavy atom. The highest BCUT2D eigenvalue weighted by molar-refractivity contribution is 5.94. The van der Waals surface area contributed by atoms with E-state index in [1.807, 2.05) is 0 Å². The first-order valence-corrected chi connectivity index (χ1v) is 7.60. The number of hydrogen-bond acceptors (Lipinski definition) is 3. The maximum atomic E-state index is 14.0. The van der Waals surface area contributed by atoms with Crippen LogP contribution in [0, 0.1) is 12.7 Å². The predicted octanol–water partition coefficient (Wildman–Crippen LogP) is 1.63. The number of nitrogens with two attached hydrogens (primary N) is 1. The van der Waals surface area contributed by atoms with Crippen LogP contribution in [0.15, 0.2) is 18.2 Å². The van der Waals surface area contributed by atoms with E-state index < -0.39 is 5.82 Å². The summed E-state index contributed by atoms with van der Waals surface area (Å²) in [7, 11) is 0. The van der Waals surface area contributed by atoms with Crippen molar-refractivity contribution in [3.05, 3.63) is 35.1 Å². The van der Waals surface area contributed by atoms with E-state index in [4.69, 9.17) is 5.73 Å². The van der Waals surface area contributed by atoms with Gasteiger partial charge in [-0.15, -0.1) is 0 Å². The van der Waals surface area contributed by atoms with Crippen molar-refractivity contribution in [1.82, 2.24) is 9.80 Å². The van der Waals surface area contributed by atoms with Crippen LogP contribution in [-0.2, 0) is 0 Å². The van der Waals surface area contributed by atoms with Crippen LogP contribution < -0.4 is 5.73 Å². The molecule has 0 atom stereocenters.